The van der Waals surface area contributed by atoms with Crippen molar-refractivity contribution in [3.8, 4) is 0 Å². The Kier molecular flexibility index (Phi) is 15.0. The van der Waals surface area contributed by atoms with E-state index >= 15 is 0 Å². The zero-order valence-corrected chi connectivity index (χ0v) is 45.3. The van der Waals surface area contributed by atoms with E-state index in [2.05, 4.69) is 163 Å². The molecule has 0 aromatic heterocycles. The minimum atomic E-state index is -2.41. The van der Waals surface area contributed by atoms with Crippen LogP contribution in [-0.2, 0) is 0 Å². The molecule has 1 aliphatic heterocycles. The van der Waals surface area contributed by atoms with Gasteiger partial charge in [0.1, 0.15) is 0 Å². The summed E-state index contributed by atoms with van der Waals surface area (Å²) in [5.41, 5.74) is 11.4. The summed E-state index contributed by atoms with van der Waals surface area (Å²) in [4.78, 5) is 0. The third kappa shape index (κ3) is 11.5. The maximum absolute atomic E-state index is 2.97. The van der Waals surface area contributed by atoms with E-state index < -0.39 is 75.6 Å². The quantitative estimate of drug-likeness (QED) is 0.145. The molecule has 0 atom stereocenters. The van der Waals surface area contributed by atoms with Crippen molar-refractivity contribution in [3.63, 3.8) is 0 Å². The predicted molar refractivity (Wildman–Crippen MR) is 244 cm³/mol. The van der Waals surface area contributed by atoms with Crippen LogP contribution >= 0.6 is 0 Å². The van der Waals surface area contributed by atoms with Gasteiger partial charge in [0.25, 0.3) is 0 Å². The molecule has 0 saturated heterocycles. The molecule has 0 spiro atoms. The number of hydrogen-bond acceptors (Lipinski definition) is 0. The number of benzene rings is 1. The van der Waals surface area contributed by atoms with Gasteiger partial charge < -0.3 is 0 Å². The van der Waals surface area contributed by atoms with Gasteiger partial charge in [0, 0.05) is 0 Å². The minimum absolute atomic E-state index is 0.784. The normalized spacial score (nSPS) is 17.1. The third-order valence-electron chi connectivity index (χ3n) is 10.8. The van der Waals surface area contributed by atoms with Crippen molar-refractivity contribution in [2.24, 2.45) is 0 Å². The van der Waals surface area contributed by atoms with Gasteiger partial charge in [-0.1, -0.05) is 0 Å². The van der Waals surface area contributed by atoms with Gasteiger partial charge in [-0.15, -0.1) is 0 Å². The molecule has 1 aromatic rings. The zero-order valence-electron chi connectivity index (χ0n) is 35.4. The van der Waals surface area contributed by atoms with Crippen LogP contribution in [0.15, 0.2) is 31.7 Å². The first-order valence-corrected chi connectivity index (χ1v) is 49.9. The van der Waals surface area contributed by atoms with Crippen molar-refractivity contribution in [1.82, 2.24) is 0 Å². The molecule has 0 N–H and O–H groups in total. The Hall–Kier alpha value is 1.02. The number of unbranched alkanes of at least 4 members (excludes halogenated alkanes) is 2. The van der Waals surface area contributed by atoms with E-state index in [-0.39, 0.29) is 0 Å². The molecule has 269 valence electrons. The van der Waals surface area contributed by atoms with Gasteiger partial charge in [-0.2, -0.15) is 0 Å². The summed E-state index contributed by atoms with van der Waals surface area (Å²) in [5.74, 6) is 0. The number of rotatable bonds is 16. The molecular formula is C39H81Si7Sn. The molecule has 1 aliphatic rings. The first kappa shape index (κ1) is 44.2. The van der Waals surface area contributed by atoms with Gasteiger partial charge in [-0.05, 0) is 0 Å². The van der Waals surface area contributed by atoms with Crippen LogP contribution in [-0.4, -0.2) is 75.6 Å². The summed E-state index contributed by atoms with van der Waals surface area (Å²) in [5, 5.41) is 4.26. The molecule has 2 rings (SSSR count). The van der Waals surface area contributed by atoms with E-state index in [0.29, 0.717) is 0 Å². The van der Waals surface area contributed by atoms with Gasteiger partial charge in [-0.3, -0.25) is 0 Å². The Morgan fingerprint density at radius 2 is 0.787 bits per heavy atom. The molecule has 0 bridgehead atoms. The number of hydrogen-bond donors (Lipinski definition) is 0. The van der Waals surface area contributed by atoms with Crippen LogP contribution in [0.3, 0.4) is 0 Å². The second-order valence-electron chi connectivity index (χ2n) is 22.1. The Morgan fingerprint density at radius 3 is 1.04 bits per heavy atom. The van der Waals surface area contributed by atoms with Gasteiger partial charge in [0.05, 0.1) is 0 Å². The van der Waals surface area contributed by atoms with Crippen LogP contribution in [0.2, 0.25) is 127 Å². The Bertz CT molecular complexity index is 1120. The maximum atomic E-state index is 2.97. The van der Waals surface area contributed by atoms with Crippen LogP contribution in [0.4, 0.5) is 0 Å². The van der Waals surface area contributed by atoms with E-state index in [1.807, 2.05) is 16.3 Å². The zero-order chi connectivity index (χ0) is 36.6. The van der Waals surface area contributed by atoms with Crippen molar-refractivity contribution in [3.05, 3.63) is 48.4 Å². The molecule has 0 aliphatic carbocycles. The third-order valence-corrected chi connectivity index (χ3v) is 54.9. The fraction of sp³-hybridized carbons (Fsp3) is 0.744. The van der Waals surface area contributed by atoms with Crippen LogP contribution in [0.25, 0.3) is 0 Å². The second kappa shape index (κ2) is 15.9. The molecule has 8 heteroatoms. The fourth-order valence-electron chi connectivity index (χ4n) is 10.7. The second-order valence-corrected chi connectivity index (χ2v) is 69.6. The van der Waals surface area contributed by atoms with Crippen molar-refractivity contribution in [2.75, 3.05) is 0 Å². The summed E-state index contributed by atoms with van der Waals surface area (Å²) in [6.45, 7) is 53.5. The topological polar surface area (TPSA) is 0 Å². The summed E-state index contributed by atoms with van der Waals surface area (Å²) >= 11 is -2.41. The van der Waals surface area contributed by atoms with Crippen molar-refractivity contribution < 1.29 is 0 Å². The summed E-state index contributed by atoms with van der Waals surface area (Å²) in [6.07, 6.45) is 5.55. The molecular weight excluding hydrogens is 784 g/mol. The molecule has 0 saturated carbocycles. The van der Waals surface area contributed by atoms with E-state index in [9.17, 15) is 0 Å². The van der Waals surface area contributed by atoms with Crippen LogP contribution in [0.5, 0.6) is 0 Å². The summed E-state index contributed by atoms with van der Waals surface area (Å²) < 4.78 is 9.00. The average molecular weight is 865 g/mol. The van der Waals surface area contributed by atoms with E-state index in [1.165, 1.54) is 34.6 Å². The van der Waals surface area contributed by atoms with Gasteiger partial charge >= 0.3 is 311 Å². The Labute approximate surface area is 308 Å². The van der Waals surface area contributed by atoms with Crippen LogP contribution in [0.1, 0.15) is 71.7 Å². The van der Waals surface area contributed by atoms with Crippen molar-refractivity contribution in [2.45, 2.75) is 182 Å². The Balaban J connectivity index is 3.24. The first-order valence-electron chi connectivity index (χ1n) is 19.4. The standard InChI is InChI=1S/C31H63Si7.2C4H9.Sn/c1-21-32(22-2)28-26(30(35(9,10)11)36(12,13)14)23-25(29(33(3,4)5)34(6,7)8)24-27(28)31(37(15,16)17)38(18,19)20;2*1-3-4-2;/h1-2,21-24,29-31H,3-20H3;2*1,3-4H2,2H3;. The molecule has 0 nitrogen and oxygen atoms in total. The molecule has 1 aromatic carbocycles. The van der Waals surface area contributed by atoms with E-state index in [4.69, 9.17) is 0 Å². The summed E-state index contributed by atoms with van der Waals surface area (Å²) in [7, 11) is -10.0. The Morgan fingerprint density at radius 1 is 0.489 bits per heavy atom. The van der Waals surface area contributed by atoms with Gasteiger partial charge in [0.2, 0.25) is 0 Å². The average Bonchev–Trinajstić information content (AvgIpc) is 2.82. The van der Waals surface area contributed by atoms with Gasteiger partial charge in [-0.25, -0.2) is 0 Å². The molecule has 1 heterocycles. The molecule has 0 amide bonds. The fourth-order valence-corrected chi connectivity index (χ4v) is 69.5. The SMILES string of the molecule is CCC[CH2][Sn]1([CH2]CCC)[CH]=C[Si](c2c(C([Si](C)(C)C)[Si](C)(C)C)cc(C([Si](C)(C)C)[Si](C)(C)C)cc2C([Si](C)(C)C)[Si](C)(C)C)C=[CH]1. The predicted octanol–water partition coefficient (Wildman–Crippen LogP) is 13.2. The molecule has 0 unspecified atom stereocenters. The first-order chi connectivity index (χ1) is 21.0. The van der Waals surface area contributed by atoms with Crippen molar-refractivity contribution in [1.29, 1.82) is 0 Å². The molecule has 47 heavy (non-hydrogen) atoms. The molecule has 1 radical (unpaired) electrons. The summed E-state index contributed by atoms with van der Waals surface area (Å²) in [6, 6.07) is 5.87. The van der Waals surface area contributed by atoms with Crippen LogP contribution in [0, 0.1) is 0 Å². The molecule has 0 fully saturated rings. The van der Waals surface area contributed by atoms with Gasteiger partial charge in [0.15, 0.2) is 0 Å². The van der Waals surface area contributed by atoms with Crippen molar-refractivity contribution >= 4 is 80.8 Å². The van der Waals surface area contributed by atoms with E-state index in [0.717, 1.165) is 15.5 Å². The van der Waals surface area contributed by atoms with E-state index in [1.54, 1.807) is 5.56 Å². The monoisotopic (exact) mass is 865 g/mol. The van der Waals surface area contributed by atoms with Crippen LogP contribution < -0.4 is 5.19 Å².